The van der Waals surface area contributed by atoms with Crippen LogP contribution in [0.25, 0.3) is 0 Å². The van der Waals surface area contributed by atoms with Gasteiger partial charge in [-0.05, 0) is 12.2 Å². The summed E-state index contributed by atoms with van der Waals surface area (Å²) in [5.74, 6) is 0. The van der Waals surface area contributed by atoms with E-state index in [0.29, 0.717) is 4.77 Å². The Balaban J connectivity index is 1.78. The molecule has 3 heterocycles. The zero-order valence-electron chi connectivity index (χ0n) is 12.7. The number of rotatable bonds is 2. The first kappa shape index (κ1) is 14.4. The van der Waals surface area contributed by atoms with E-state index in [1.165, 1.54) is 22.5 Å². The van der Waals surface area contributed by atoms with Gasteiger partial charge in [0.2, 0.25) is 0 Å². The Morgan fingerprint density at radius 1 is 1.33 bits per heavy atom. The Morgan fingerprint density at radius 2 is 2.14 bits per heavy atom. The molecule has 0 aromatic carbocycles. The maximum absolute atomic E-state index is 5.09. The van der Waals surface area contributed by atoms with Crippen molar-refractivity contribution in [3.8, 4) is 0 Å². The third-order valence-corrected chi connectivity index (χ3v) is 4.12. The number of H-pyrrole nitrogens is 2. The van der Waals surface area contributed by atoms with Gasteiger partial charge in [-0.25, -0.2) is 4.98 Å². The lowest BCUT2D eigenvalue weighted by Gasteiger charge is -2.29. The van der Waals surface area contributed by atoms with Crippen molar-refractivity contribution in [3.05, 3.63) is 39.7 Å². The predicted molar refractivity (Wildman–Crippen MR) is 84.5 cm³/mol. The molecule has 0 bridgehead atoms. The zero-order valence-corrected chi connectivity index (χ0v) is 13.5. The van der Waals surface area contributed by atoms with Gasteiger partial charge in [-0.1, -0.05) is 20.8 Å². The highest BCUT2D eigenvalue weighted by atomic mass is 32.1. The molecule has 0 amide bonds. The maximum Gasteiger partial charge on any atom is 0.196 e. The molecule has 5 nitrogen and oxygen atoms in total. The molecule has 21 heavy (non-hydrogen) atoms. The zero-order chi connectivity index (χ0) is 15.0. The molecule has 0 saturated carbocycles. The fraction of sp³-hybridized carbons (Fsp3) is 0.533. The summed E-state index contributed by atoms with van der Waals surface area (Å²) >= 11 is 5.09. The van der Waals surface area contributed by atoms with Crippen LogP contribution in [-0.4, -0.2) is 31.6 Å². The fourth-order valence-corrected chi connectivity index (χ4v) is 3.04. The van der Waals surface area contributed by atoms with E-state index in [1.807, 2.05) is 12.4 Å². The van der Waals surface area contributed by atoms with Crippen LogP contribution >= 0.6 is 12.2 Å². The quantitative estimate of drug-likeness (QED) is 0.838. The summed E-state index contributed by atoms with van der Waals surface area (Å²) in [4.78, 5) is 9.83. The summed E-state index contributed by atoms with van der Waals surface area (Å²) in [6.07, 6.45) is 4.84. The lowest BCUT2D eigenvalue weighted by atomic mass is 9.89. The van der Waals surface area contributed by atoms with E-state index in [1.54, 1.807) is 0 Å². The van der Waals surface area contributed by atoms with Gasteiger partial charge < -0.3 is 4.98 Å². The van der Waals surface area contributed by atoms with Crippen LogP contribution in [0.1, 0.15) is 43.3 Å². The van der Waals surface area contributed by atoms with E-state index in [0.717, 1.165) is 26.1 Å². The lowest BCUT2D eigenvalue weighted by Crippen LogP contribution is -2.31. The predicted octanol–water partition coefficient (Wildman–Crippen LogP) is 2.72. The highest BCUT2D eigenvalue weighted by Crippen LogP contribution is 2.26. The summed E-state index contributed by atoms with van der Waals surface area (Å²) < 4.78 is 0.576. The summed E-state index contributed by atoms with van der Waals surface area (Å²) in [6.45, 7) is 9.47. The standard InChI is InChI=1S/C15H21N5S/c1-15(2,3)13-11(7-17-19-13)9-20-5-4-12-10(8-20)6-16-14(21)18-12/h6-7H,4-5,8-9H2,1-3H3,(H,17,19)(H,16,18,21). The van der Waals surface area contributed by atoms with E-state index in [9.17, 15) is 0 Å². The Morgan fingerprint density at radius 3 is 2.90 bits per heavy atom. The SMILES string of the molecule is CC(C)(C)c1[nH]ncc1CN1CCc2[nH]c(=S)ncc2C1. The highest BCUT2D eigenvalue weighted by molar-refractivity contribution is 7.71. The van der Waals surface area contributed by atoms with E-state index < -0.39 is 0 Å². The largest absolute Gasteiger partial charge is 0.334 e. The summed E-state index contributed by atoms with van der Waals surface area (Å²) in [6, 6.07) is 0. The molecule has 3 rings (SSSR count). The van der Waals surface area contributed by atoms with Crippen molar-refractivity contribution in [3.63, 3.8) is 0 Å². The maximum atomic E-state index is 5.09. The molecule has 0 radical (unpaired) electrons. The molecular weight excluding hydrogens is 282 g/mol. The van der Waals surface area contributed by atoms with Crippen molar-refractivity contribution in [2.45, 2.75) is 45.7 Å². The van der Waals surface area contributed by atoms with Gasteiger partial charge in [0.1, 0.15) is 0 Å². The number of nitrogens with zero attached hydrogens (tertiary/aromatic N) is 3. The van der Waals surface area contributed by atoms with Crippen LogP contribution < -0.4 is 0 Å². The molecule has 0 aliphatic carbocycles. The summed E-state index contributed by atoms with van der Waals surface area (Å²) in [7, 11) is 0. The van der Waals surface area contributed by atoms with Gasteiger partial charge in [-0.3, -0.25) is 10.00 Å². The first-order valence-electron chi connectivity index (χ1n) is 7.25. The van der Waals surface area contributed by atoms with Crippen LogP contribution in [0.5, 0.6) is 0 Å². The van der Waals surface area contributed by atoms with Crippen LogP contribution in [0.3, 0.4) is 0 Å². The Hall–Kier alpha value is -1.53. The van der Waals surface area contributed by atoms with E-state index in [-0.39, 0.29) is 5.41 Å². The second-order valence-electron chi connectivity index (χ2n) is 6.67. The Bertz CT molecular complexity index is 695. The number of aromatic amines is 2. The molecule has 1 aliphatic heterocycles. The molecule has 2 aromatic rings. The van der Waals surface area contributed by atoms with E-state index in [4.69, 9.17) is 12.2 Å². The van der Waals surface area contributed by atoms with Crippen LogP contribution in [0, 0.1) is 4.77 Å². The van der Waals surface area contributed by atoms with Gasteiger partial charge in [0.25, 0.3) is 0 Å². The van der Waals surface area contributed by atoms with Crippen molar-refractivity contribution in [1.82, 2.24) is 25.1 Å². The normalized spacial score (nSPS) is 16.0. The monoisotopic (exact) mass is 303 g/mol. The Labute approximate surface area is 129 Å². The minimum atomic E-state index is 0.0894. The number of hydrogen-bond donors (Lipinski definition) is 2. The smallest absolute Gasteiger partial charge is 0.196 e. The third kappa shape index (κ3) is 3.06. The number of aromatic nitrogens is 4. The molecule has 0 unspecified atom stereocenters. The van der Waals surface area contributed by atoms with E-state index in [2.05, 4.69) is 45.8 Å². The van der Waals surface area contributed by atoms with Gasteiger partial charge in [-0.15, -0.1) is 0 Å². The van der Waals surface area contributed by atoms with Crippen LogP contribution in [0.2, 0.25) is 0 Å². The molecule has 6 heteroatoms. The van der Waals surface area contributed by atoms with Crippen molar-refractivity contribution in [2.75, 3.05) is 6.54 Å². The molecule has 0 spiro atoms. The molecule has 0 fully saturated rings. The van der Waals surface area contributed by atoms with Crippen LogP contribution in [0.4, 0.5) is 0 Å². The van der Waals surface area contributed by atoms with Crippen LogP contribution in [-0.2, 0) is 24.9 Å². The topological polar surface area (TPSA) is 60.6 Å². The summed E-state index contributed by atoms with van der Waals surface area (Å²) in [5, 5.41) is 7.38. The average molecular weight is 303 g/mol. The van der Waals surface area contributed by atoms with Crippen molar-refractivity contribution >= 4 is 12.2 Å². The molecule has 2 N–H and O–H groups in total. The van der Waals surface area contributed by atoms with Crippen LogP contribution in [0.15, 0.2) is 12.4 Å². The Kier molecular flexibility index (Phi) is 3.67. The van der Waals surface area contributed by atoms with Gasteiger partial charge in [0.15, 0.2) is 4.77 Å². The fourth-order valence-electron chi connectivity index (χ4n) is 2.86. The second-order valence-corrected chi connectivity index (χ2v) is 7.06. The van der Waals surface area contributed by atoms with E-state index >= 15 is 0 Å². The lowest BCUT2D eigenvalue weighted by molar-refractivity contribution is 0.241. The van der Waals surface area contributed by atoms with Gasteiger partial charge in [-0.2, -0.15) is 5.10 Å². The molecule has 112 valence electrons. The minimum Gasteiger partial charge on any atom is -0.334 e. The molecular formula is C15H21N5S. The van der Waals surface area contributed by atoms with Crippen molar-refractivity contribution in [2.24, 2.45) is 0 Å². The number of hydrogen-bond acceptors (Lipinski definition) is 4. The second kappa shape index (κ2) is 5.35. The molecule has 2 aromatic heterocycles. The average Bonchev–Trinajstić information content (AvgIpc) is 2.87. The molecule has 0 atom stereocenters. The first-order chi connectivity index (χ1) is 9.93. The molecule has 0 saturated heterocycles. The summed E-state index contributed by atoms with van der Waals surface area (Å²) in [5.41, 5.74) is 5.07. The number of nitrogens with one attached hydrogen (secondary N) is 2. The minimum absolute atomic E-state index is 0.0894. The van der Waals surface area contributed by atoms with Gasteiger partial charge in [0, 0.05) is 60.2 Å². The van der Waals surface area contributed by atoms with Gasteiger partial charge in [0.05, 0.1) is 6.20 Å². The van der Waals surface area contributed by atoms with Crippen molar-refractivity contribution in [1.29, 1.82) is 0 Å². The molecule has 1 aliphatic rings. The highest BCUT2D eigenvalue weighted by Gasteiger charge is 2.23. The number of fused-ring (bicyclic) bond motifs is 1. The third-order valence-electron chi connectivity index (χ3n) is 3.92. The van der Waals surface area contributed by atoms with Crippen molar-refractivity contribution < 1.29 is 0 Å². The first-order valence-corrected chi connectivity index (χ1v) is 7.66. The van der Waals surface area contributed by atoms with Gasteiger partial charge >= 0.3 is 0 Å².